The van der Waals surface area contributed by atoms with Gasteiger partial charge in [0.1, 0.15) is 6.61 Å². The van der Waals surface area contributed by atoms with E-state index in [-0.39, 0.29) is 6.61 Å². The number of nitrogens with two attached hydrogens (primary N) is 1. The van der Waals surface area contributed by atoms with Crippen molar-refractivity contribution in [3.05, 3.63) is 0 Å². The van der Waals surface area contributed by atoms with Gasteiger partial charge in [0.25, 0.3) is 0 Å². The Balaban J connectivity index is 2.12. The van der Waals surface area contributed by atoms with Gasteiger partial charge in [-0.1, -0.05) is 0 Å². The van der Waals surface area contributed by atoms with Gasteiger partial charge < -0.3 is 15.6 Å². The first-order valence-corrected chi connectivity index (χ1v) is 2.77. The van der Waals surface area contributed by atoms with Crippen molar-refractivity contribution >= 4 is 6.09 Å². The molecule has 52 valence electrons. The van der Waals surface area contributed by atoms with Crippen molar-refractivity contribution < 1.29 is 14.6 Å². The molecule has 1 amide bonds. The Bertz CT molecular complexity index is 130. The Labute approximate surface area is 52.6 Å². The van der Waals surface area contributed by atoms with Gasteiger partial charge in [-0.15, -0.1) is 0 Å². The molecular formula is C5H9NO3. The maximum atomic E-state index is 9.96. The number of primary amides is 1. The van der Waals surface area contributed by atoms with Crippen molar-refractivity contribution in [2.24, 2.45) is 5.73 Å². The van der Waals surface area contributed by atoms with Crippen molar-refractivity contribution in [1.29, 1.82) is 0 Å². The average molecular weight is 131 g/mol. The molecule has 3 N–H and O–H groups in total. The van der Waals surface area contributed by atoms with Crippen LogP contribution in [0.1, 0.15) is 12.8 Å². The van der Waals surface area contributed by atoms with Crippen LogP contribution in [0.4, 0.5) is 4.79 Å². The zero-order valence-corrected chi connectivity index (χ0v) is 4.96. The molecule has 0 unspecified atom stereocenters. The minimum absolute atomic E-state index is 0.0440. The molecule has 4 heteroatoms. The van der Waals surface area contributed by atoms with Gasteiger partial charge in [0.15, 0.2) is 0 Å². The number of carbonyl (C=O) groups excluding carboxylic acids is 1. The zero-order chi connectivity index (χ0) is 6.91. The molecule has 4 nitrogen and oxygen atoms in total. The monoisotopic (exact) mass is 131 g/mol. The molecule has 0 spiro atoms. The topological polar surface area (TPSA) is 72.6 Å². The maximum absolute atomic E-state index is 9.96. The molecule has 1 aliphatic rings. The summed E-state index contributed by atoms with van der Waals surface area (Å²) >= 11 is 0. The number of carbonyl (C=O) groups is 1. The van der Waals surface area contributed by atoms with Gasteiger partial charge in [0.05, 0.1) is 5.60 Å². The van der Waals surface area contributed by atoms with Crippen molar-refractivity contribution in [2.75, 3.05) is 6.61 Å². The van der Waals surface area contributed by atoms with Gasteiger partial charge in [-0.3, -0.25) is 0 Å². The van der Waals surface area contributed by atoms with Crippen molar-refractivity contribution in [3.8, 4) is 0 Å². The molecule has 9 heavy (non-hydrogen) atoms. The predicted octanol–water partition coefficient (Wildman–Crippen LogP) is -0.393. The van der Waals surface area contributed by atoms with Gasteiger partial charge in [0, 0.05) is 0 Å². The third-order valence-corrected chi connectivity index (χ3v) is 1.31. The summed E-state index contributed by atoms with van der Waals surface area (Å²) in [5, 5.41) is 9.04. The first-order valence-electron chi connectivity index (χ1n) is 2.77. The summed E-state index contributed by atoms with van der Waals surface area (Å²) in [7, 11) is 0. The van der Waals surface area contributed by atoms with Gasteiger partial charge >= 0.3 is 6.09 Å². The summed E-state index contributed by atoms with van der Waals surface area (Å²) in [6, 6.07) is 0. The second kappa shape index (κ2) is 1.88. The first kappa shape index (κ1) is 6.35. The molecule has 0 heterocycles. The lowest BCUT2D eigenvalue weighted by Gasteiger charge is -2.04. The van der Waals surface area contributed by atoms with E-state index >= 15 is 0 Å². The lowest BCUT2D eigenvalue weighted by atomic mass is 10.4. The fraction of sp³-hybridized carbons (Fsp3) is 0.800. The van der Waals surface area contributed by atoms with E-state index in [1.165, 1.54) is 0 Å². The van der Waals surface area contributed by atoms with E-state index < -0.39 is 11.7 Å². The summed E-state index contributed by atoms with van der Waals surface area (Å²) in [4.78, 5) is 9.96. The second-order valence-corrected chi connectivity index (χ2v) is 2.33. The Morgan fingerprint density at radius 1 is 1.78 bits per heavy atom. The Morgan fingerprint density at radius 2 is 2.33 bits per heavy atom. The summed E-state index contributed by atoms with van der Waals surface area (Å²) in [5.41, 5.74) is 3.91. The molecule has 1 aliphatic carbocycles. The standard InChI is InChI=1S/C5H9NO3/c6-4(7)9-3-5(8)1-2-5/h8H,1-3H2,(H2,6,7). The number of amides is 1. The highest BCUT2D eigenvalue weighted by Crippen LogP contribution is 2.34. The lowest BCUT2D eigenvalue weighted by Crippen LogP contribution is -2.22. The highest BCUT2D eigenvalue weighted by molar-refractivity contribution is 5.64. The molecule has 1 saturated carbocycles. The van der Waals surface area contributed by atoms with E-state index in [4.69, 9.17) is 5.11 Å². The predicted molar refractivity (Wildman–Crippen MR) is 29.7 cm³/mol. The molecule has 1 fully saturated rings. The minimum Gasteiger partial charge on any atom is -0.447 e. The highest BCUT2D eigenvalue weighted by atomic mass is 16.6. The molecule has 0 bridgehead atoms. The van der Waals surface area contributed by atoms with E-state index in [9.17, 15) is 4.79 Å². The summed E-state index contributed by atoms with van der Waals surface area (Å²) in [5.74, 6) is 0. The molecule has 0 aromatic carbocycles. The fourth-order valence-electron chi connectivity index (χ4n) is 0.494. The Hall–Kier alpha value is -0.770. The Morgan fingerprint density at radius 3 is 2.67 bits per heavy atom. The highest BCUT2D eigenvalue weighted by Gasteiger charge is 2.41. The molecule has 1 rings (SSSR count). The SMILES string of the molecule is NC(=O)OCC1(O)CC1. The maximum Gasteiger partial charge on any atom is 0.404 e. The molecule has 0 aromatic rings. The molecule has 0 saturated heterocycles. The average Bonchev–Trinajstić information content (AvgIpc) is 2.45. The number of hydrogen-bond acceptors (Lipinski definition) is 3. The third kappa shape index (κ3) is 1.89. The molecule has 0 aliphatic heterocycles. The van der Waals surface area contributed by atoms with Crippen LogP contribution in [-0.4, -0.2) is 23.4 Å². The summed E-state index contributed by atoms with van der Waals surface area (Å²) in [6.45, 7) is 0.0440. The smallest absolute Gasteiger partial charge is 0.404 e. The van der Waals surface area contributed by atoms with E-state index in [0.717, 1.165) is 0 Å². The number of hydrogen-bond donors (Lipinski definition) is 2. The summed E-state index contributed by atoms with van der Waals surface area (Å²) < 4.78 is 4.36. The van der Waals surface area contributed by atoms with Crippen molar-refractivity contribution in [3.63, 3.8) is 0 Å². The minimum atomic E-state index is -0.824. The molecular weight excluding hydrogens is 122 g/mol. The van der Waals surface area contributed by atoms with E-state index in [1.807, 2.05) is 0 Å². The lowest BCUT2D eigenvalue weighted by molar-refractivity contribution is 0.0562. The third-order valence-electron chi connectivity index (χ3n) is 1.31. The van der Waals surface area contributed by atoms with Crippen LogP contribution in [0.25, 0.3) is 0 Å². The molecule has 0 atom stereocenters. The van der Waals surface area contributed by atoms with Gasteiger partial charge in [-0.2, -0.15) is 0 Å². The van der Waals surface area contributed by atoms with Gasteiger partial charge in [-0.05, 0) is 12.8 Å². The van der Waals surface area contributed by atoms with Crippen LogP contribution >= 0.6 is 0 Å². The van der Waals surface area contributed by atoms with Crippen LogP contribution in [-0.2, 0) is 4.74 Å². The van der Waals surface area contributed by atoms with Crippen molar-refractivity contribution in [2.45, 2.75) is 18.4 Å². The number of rotatable bonds is 2. The first-order chi connectivity index (χ1) is 4.12. The number of aliphatic hydroxyl groups is 1. The van der Waals surface area contributed by atoms with Crippen molar-refractivity contribution in [1.82, 2.24) is 0 Å². The number of ether oxygens (including phenoxy) is 1. The quantitative estimate of drug-likeness (QED) is 0.536. The van der Waals surface area contributed by atoms with E-state index in [0.29, 0.717) is 12.8 Å². The molecule has 0 aromatic heterocycles. The molecule has 0 radical (unpaired) electrons. The largest absolute Gasteiger partial charge is 0.447 e. The van der Waals surface area contributed by atoms with Crippen LogP contribution < -0.4 is 5.73 Å². The van der Waals surface area contributed by atoms with Crippen LogP contribution in [0.2, 0.25) is 0 Å². The van der Waals surface area contributed by atoms with Crippen LogP contribution in [0, 0.1) is 0 Å². The van der Waals surface area contributed by atoms with Crippen LogP contribution in [0.15, 0.2) is 0 Å². The van der Waals surface area contributed by atoms with Crippen LogP contribution in [0.5, 0.6) is 0 Å². The Kier molecular flexibility index (Phi) is 1.32. The van der Waals surface area contributed by atoms with E-state index in [2.05, 4.69) is 10.5 Å². The van der Waals surface area contributed by atoms with E-state index in [1.54, 1.807) is 0 Å². The normalized spacial score (nSPS) is 21.0. The second-order valence-electron chi connectivity index (χ2n) is 2.33. The summed E-state index contributed by atoms with van der Waals surface area (Å²) in [6.07, 6.45) is 0.593. The van der Waals surface area contributed by atoms with Gasteiger partial charge in [0.2, 0.25) is 0 Å². The van der Waals surface area contributed by atoms with Gasteiger partial charge in [-0.25, -0.2) is 4.79 Å². The zero-order valence-electron chi connectivity index (χ0n) is 4.96. The van der Waals surface area contributed by atoms with Crippen LogP contribution in [0.3, 0.4) is 0 Å². The fourth-order valence-corrected chi connectivity index (χ4v) is 0.494.